The fourth-order valence-electron chi connectivity index (χ4n) is 2.28. The van der Waals surface area contributed by atoms with Crippen LogP contribution in [-0.4, -0.2) is 38.3 Å². The van der Waals surface area contributed by atoms with E-state index < -0.39 is 15.9 Å². The van der Waals surface area contributed by atoms with E-state index in [1.54, 1.807) is 6.92 Å². The highest BCUT2D eigenvalue weighted by atomic mass is 32.2. The average molecular weight is 362 g/mol. The number of aliphatic imine (C=N–C) groups is 2. The average Bonchev–Trinajstić information content (AvgIpc) is 3.00. The third kappa shape index (κ3) is 3.23. The van der Waals surface area contributed by atoms with Crippen LogP contribution in [0.4, 0.5) is 0 Å². The number of amides is 1. The first-order chi connectivity index (χ1) is 11.8. The number of hydrogen-bond acceptors (Lipinski definition) is 8. The number of nitrogens with two attached hydrogens (primary N) is 1. The first kappa shape index (κ1) is 17.0. The molecule has 0 fully saturated rings. The molecule has 11 heteroatoms. The maximum atomic E-state index is 12.0. The lowest BCUT2D eigenvalue weighted by Crippen LogP contribution is -2.26. The minimum atomic E-state index is -3.97. The van der Waals surface area contributed by atoms with Crippen molar-refractivity contribution in [1.29, 1.82) is 0 Å². The lowest BCUT2D eigenvalue weighted by Gasteiger charge is -2.15. The molecule has 1 aromatic rings. The zero-order chi connectivity index (χ0) is 18.2. The summed E-state index contributed by atoms with van der Waals surface area (Å²) in [6, 6.07) is 2.82. The van der Waals surface area contributed by atoms with Crippen molar-refractivity contribution >= 4 is 33.3 Å². The van der Waals surface area contributed by atoms with E-state index in [0.29, 0.717) is 17.9 Å². The van der Waals surface area contributed by atoms with Gasteiger partial charge in [0.1, 0.15) is 5.75 Å². The third-order valence-electron chi connectivity index (χ3n) is 3.40. The number of amidine groups is 2. The number of aryl methyl sites for hydroxylation is 1. The third-order valence-corrected chi connectivity index (χ3v) is 4.46. The van der Waals surface area contributed by atoms with Gasteiger partial charge in [0.15, 0.2) is 5.84 Å². The summed E-state index contributed by atoms with van der Waals surface area (Å²) in [5.41, 5.74) is 0.583. The van der Waals surface area contributed by atoms with Crippen LogP contribution < -0.4 is 9.88 Å². The standard InChI is InChI=1S/C14H14N6O4S/c1-3-4-24-9-5-7(2)10(25(15,22)23)6-8(9)12-16-13-11(14(21)17-12)18-20-19-13/h5-6H,3-4H2,1-2H3,(H2,15,22,23). The largest absolute Gasteiger partial charge is 0.493 e. The molecule has 2 N–H and O–H groups in total. The Hall–Kier alpha value is -2.79. The molecule has 0 bridgehead atoms. The number of benzene rings is 1. The van der Waals surface area contributed by atoms with E-state index in [4.69, 9.17) is 9.88 Å². The van der Waals surface area contributed by atoms with Crippen molar-refractivity contribution in [2.45, 2.75) is 25.2 Å². The van der Waals surface area contributed by atoms with E-state index in [2.05, 4.69) is 25.4 Å². The SMILES string of the molecule is CCCOc1cc(C)c(S(N)(=O)=O)cc1C1=NC(=O)C2=NN=NC2=N1. The molecule has 1 amide bonds. The van der Waals surface area contributed by atoms with Crippen LogP contribution in [0.5, 0.6) is 5.75 Å². The molecule has 0 unspecified atom stereocenters. The van der Waals surface area contributed by atoms with Crippen LogP contribution in [0.25, 0.3) is 0 Å². The molecule has 10 nitrogen and oxygen atoms in total. The Morgan fingerprint density at radius 1 is 1.20 bits per heavy atom. The molecule has 2 aliphatic heterocycles. The fourth-order valence-corrected chi connectivity index (χ4v) is 3.07. The zero-order valence-corrected chi connectivity index (χ0v) is 14.2. The van der Waals surface area contributed by atoms with E-state index in [-0.39, 0.29) is 27.8 Å². The number of rotatable bonds is 5. The van der Waals surface area contributed by atoms with E-state index in [1.165, 1.54) is 12.1 Å². The van der Waals surface area contributed by atoms with Gasteiger partial charge in [-0.2, -0.15) is 4.99 Å². The van der Waals surface area contributed by atoms with Crippen LogP contribution in [0.15, 0.2) is 42.5 Å². The van der Waals surface area contributed by atoms with Crippen LogP contribution in [0, 0.1) is 6.92 Å². The number of fused-ring (bicyclic) bond motifs is 1. The fraction of sp³-hybridized carbons (Fsp3) is 0.286. The summed E-state index contributed by atoms with van der Waals surface area (Å²) in [6.45, 7) is 3.91. The number of nitrogens with zero attached hydrogens (tertiary/aromatic N) is 5. The van der Waals surface area contributed by atoms with Crippen molar-refractivity contribution < 1.29 is 17.9 Å². The van der Waals surface area contributed by atoms with Crippen molar-refractivity contribution in [2.24, 2.45) is 30.6 Å². The first-order valence-corrected chi connectivity index (χ1v) is 8.87. The maximum Gasteiger partial charge on any atom is 0.303 e. The van der Waals surface area contributed by atoms with Gasteiger partial charge in [-0.05, 0) is 36.3 Å². The quantitative estimate of drug-likeness (QED) is 0.829. The first-order valence-electron chi connectivity index (χ1n) is 7.32. The molecule has 0 saturated heterocycles. The van der Waals surface area contributed by atoms with Crippen LogP contribution >= 0.6 is 0 Å². The van der Waals surface area contributed by atoms with E-state index in [9.17, 15) is 13.2 Å². The monoisotopic (exact) mass is 362 g/mol. The van der Waals surface area contributed by atoms with E-state index in [0.717, 1.165) is 6.42 Å². The lowest BCUT2D eigenvalue weighted by atomic mass is 10.1. The summed E-state index contributed by atoms with van der Waals surface area (Å²) in [6.07, 6.45) is 0.736. The second-order valence-corrected chi connectivity index (χ2v) is 6.85. The highest BCUT2D eigenvalue weighted by Gasteiger charge is 2.30. The number of carbonyl (C=O) groups excluding carboxylic acids is 1. The molecular formula is C14H14N6O4S. The van der Waals surface area contributed by atoms with Gasteiger partial charge in [-0.1, -0.05) is 6.92 Å². The van der Waals surface area contributed by atoms with Gasteiger partial charge < -0.3 is 4.74 Å². The molecule has 0 aromatic heterocycles. The van der Waals surface area contributed by atoms with Crippen molar-refractivity contribution in [2.75, 3.05) is 6.61 Å². The van der Waals surface area contributed by atoms with Crippen LogP contribution in [0.2, 0.25) is 0 Å². The summed E-state index contributed by atoms with van der Waals surface area (Å²) >= 11 is 0. The predicted molar refractivity (Wildman–Crippen MR) is 89.6 cm³/mol. The van der Waals surface area contributed by atoms with Crippen molar-refractivity contribution in [3.8, 4) is 5.75 Å². The lowest BCUT2D eigenvalue weighted by molar-refractivity contribution is -0.111. The van der Waals surface area contributed by atoms with Gasteiger partial charge in [0.05, 0.1) is 17.1 Å². The zero-order valence-electron chi connectivity index (χ0n) is 13.4. The number of primary sulfonamides is 1. The van der Waals surface area contributed by atoms with E-state index in [1.807, 2.05) is 6.92 Å². The molecule has 0 saturated carbocycles. The van der Waals surface area contributed by atoms with Crippen LogP contribution in [0.3, 0.4) is 0 Å². The second-order valence-electron chi connectivity index (χ2n) is 5.32. The summed E-state index contributed by atoms with van der Waals surface area (Å²) < 4.78 is 29.3. The Labute approximate surface area is 143 Å². The summed E-state index contributed by atoms with van der Waals surface area (Å²) in [4.78, 5) is 19.9. The summed E-state index contributed by atoms with van der Waals surface area (Å²) in [5, 5.41) is 15.8. The summed E-state index contributed by atoms with van der Waals surface area (Å²) in [7, 11) is -3.97. The molecule has 2 heterocycles. The maximum absolute atomic E-state index is 12.0. The highest BCUT2D eigenvalue weighted by Crippen LogP contribution is 2.28. The van der Waals surface area contributed by atoms with Crippen LogP contribution in [0.1, 0.15) is 24.5 Å². The smallest absolute Gasteiger partial charge is 0.303 e. The number of carbonyl (C=O) groups is 1. The molecule has 1 aromatic carbocycles. The summed E-state index contributed by atoms with van der Waals surface area (Å²) in [5.74, 6) is -0.327. The molecule has 2 aliphatic rings. The second kappa shape index (κ2) is 6.26. The predicted octanol–water partition coefficient (Wildman–Crippen LogP) is 0.938. The molecule has 0 spiro atoms. The van der Waals surface area contributed by atoms with Gasteiger partial charge >= 0.3 is 5.91 Å². The van der Waals surface area contributed by atoms with Gasteiger partial charge in [0.25, 0.3) is 0 Å². The Kier molecular flexibility index (Phi) is 4.27. The van der Waals surface area contributed by atoms with Gasteiger partial charge in [-0.3, -0.25) is 4.79 Å². The molecule has 130 valence electrons. The van der Waals surface area contributed by atoms with Crippen LogP contribution in [-0.2, 0) is 14.8 Å². The normalized spacial score (nSPS) is 16.3. The van der Waals surface area contributed by atoms with Gasteiger partial charge in [0, 0.05) is 0 Å². The molecular weight excluding hydrogens is 348 g/mol. The van der Waals surface area contributed by atoms with Gasteiger partial charge in [0.2, 0.25) is 21.6 Å². The molecule has 3 rings (SSSR count). The van der Waals surface area contributed by atoms with Crippen molar-refractivity contribution in [1.82, 2.24) is 0 Å². The van der Waals surface area contributed by atoms with Crippen molar-refractivity contribution in [3.05, 3.63) is 23.3 Å². The molecule has 0 atom stereocenters. The number of ether oxygens (including phenoxy) is 1. The molecule has 25 heavy (non-hydrogen) atoms. The Bertz CT molecular complexity index is 991. The minimum absolute atomic E-state index is 0.0224. The Morgan fingerprint density at radius 2 is 1.96 bits per heavy atom. The Morgan fingerprint density at radius 3 is 2.64 bits per heavy atom. The topological polar surface area (TPSA) is 148 Å². The van der Waals surface area contributed by atoms with E-state index >= 15 is 0 Å². The minimum Gasteiger partial charge on any atom is -0.493 e. The van der Waals surface area contributed by atoms with Gasteiger partial charge in [-0.15, -0.1) is 10.2 Å². The van der Waals surface area contributed by atoms with Crippen molar-refractivity contribution in [3.63, 3.8) is 0 Å². The number of hydrogen-bond donors (Lipinski definition) is 1. The molecule has 0 radical (unpaired) electrons. The molecule has 0 aliphatic carbocycles. The number of sulfonamides is 1. The highest BCUT2D eigenvalue weighted by molar-refractivity contribution is 7.89. The van der Waals surface area contributed by atoms with Gasteiger partial charge in [-0.25, -0.2) is 18.5 Å². The Balaban J connectivity index is 2.18.